The zero-order valence-electron chi connectivity index (χ0n) is 10.6. The summed E-state index contributed by atoms with van der Waals surface area (Å²) in [5, 5.41) is 9.11. The van der Waals surface area contributed by atoms with Crippen LogP contribution in [0.1, 0.15) is 27.2 Å². The molecule has 7 heteroatoms. The Morgan fingerprint density at radius 2 is 1.94 bits per heavy atom. The highest BCUT2D eigenvalue weighted by molar-refractivity contribution is 5.68. The van der Waals surface area contributed by atoms with Gasteiger partial charge < -0.3 is 14.7 Å². The average Bonchev–Trinajstić information content (AvgIpc) is 2.60. The molecule has 1 rings (SSSR count). The van der Waals surface area contributed by atoms with Crippen LogP contribution in [-0.4, -0.2) is 47.1 Å². The minimum Gasteiger partial charge on any atom is -0.444 e. The molecule has 0 aromatic heterocycles. The smallest absolute Gasteiger partial charge is 0.414 e. The largest absolute Gasteiger partial charge is 0.444 e. The Balaban J connectivity index is 2.54. The molecule has 1 aliphatic heterocycles. The first-order chi connectivity index (χ1) is 8.00. The Kier molecular flexibility index (Phi) is 4.15. The van der Waals surface area contributed by atoms with Gasteiger partial charge in [-0.3, -0.25) is 0 Å². The normalized spacial score (nSPS) is 23.1. The number of nitrogens with zero attached hydrogens (tertiary/aromatic N) is 1. The zero-order chi connectivity index (χ0) is 14.1. The van der Waals surface area contributed by atoms with E-state index >= 15 is 0 Å². The van der Waals surface area contributed by atoms with Crippen molar-refractivity contribution in [3.63, 3.8) is 0 Å². The Hall–Kier alpha value is -0.980. The molecule has 1 aliphatic rings. The number of likely N-dealkylation sites (tertiary alicyclic amines) is 1. The van der Waals surface area contributed by atoms with Crippen LogP contribution in [-0.2, 0) is 4.74 Å². The molecule has 0 aromatic rings. The number of hydrogen-bond acceptors (Lipinski definition) is 3. The highest BCUT2D eigenvalue weighted by atomic mass is 19.4. The first-order valence-corrected chi connectivity index (χ1v) is 5.73. The van der Waals surface area contributed by atoms with E-state index in [0.29, 0.717) is 0 Å². The summed E-state index contributed by atoms with van der Waals surface area (Å²) in [7, 11) is 0. The molecule has 0 aromatic carbocycles. The van der Waals surface area contributed by atoms with Crippen LogP contribution in [0.3, 0.4) is 0 Å². The summed E-state index contributed by atoms with van der Waals surface area (Å²) in [6.07, 6.45) is -7.54. The average molecular weight is 269 g/mol. The van der Waals surface area contributed by atoms with Crippen molar-refractivity contribution >= 4 is 6.09 Å². The van der Waals surface area contributed by atoms with Crippen molar-refractivity contribution in [1.29, 1.82) is 0 Å². The molecule has 4 nitrogen and oxygen atoms in total. The van der Waals surface area contributed by atoms with Crippen molar-refractivity contribution in [3.05, 3.63) is 0 Å². The highest BCUT2D eigenvalue weighted by Crippen LogP contribution is 2.31. The van der Waals surface area contributed by atoms with Crippen molar-refractivity contribution in [3.8, 4) is 0 Å². The van der Waals surface area contributed by atoms with Crippen LogP contribution in [0.25, 0.3) is 0 Å². The van der Waals surface area contributed by atoms with Crippen LogP contribution in [0.15, 0.2) is 0 Å². The van der Waals surface area contributed by atoms with Crippen molar-refractivity contribution in [1.82, 2.24) is 4.90 Å². The summed E-state index contributed by atoms with van der Waals surface area (Å²) < 4.78 is 42.0. The number of aliphatic hydroxyl groups excluding tert-OH is 1. The van der Waals surface area contributed by atoms with Gasteiger partial charge in [0.25, 0.3) is 0 Å². The summed E-state index contributed by atoms with van der Waals surface area (Å²) in [5.74, 6) is -0.975. The SMILES string of the molecule is CC(C)(C)OC(=O)N1CCC(C(O)C(F)(F)F)C1. The van der Waals surface area contributed by atoms with Crippen LogP contribution >= 0.6 is 0 Å². The predicted molar refractivity (Wildman–Crippen MR) is 58.0 cm³/mol. The lowest BCUT2D eigenvalue weighted by Gasteiger charge is -2.25. The molecule has 18 heavy (non-hydrogen) atoms. The second kappa shape index (κ2) is 4.95. The fourth-order valence-corrected chi connectivity index (χ4v) is 1.80. The van der Waals surface area contributed by atoms with Gasteiger partial charge in [0.05, 0.1) is 0 Å². The molecule has 1 N–H and O–H groups in total. The van der Waals surface area contributed by atoms with Crippen LogP contribution in [0.5, 0.6) is 0 Å². The minimum absolute atomic E-state index is 0.125. The monoisotopic (exact) mass is 269 g/mol. The molecular formula is C11H18F3NO3. The number of hydrogen-bond donors (Lipinski definition) is 1. The maximum absolute atomic E-state index is 12.3. The number of alkyl halides is 3. The lowest BCUT2D eigenvalue weighted by Crippen LogP contribution is -2.39. The van der Waals surface area contributed by atoms with E-state index in [1.807, 2.05) is 0 Å². The summed E-state index contributed by atoms with van der Waals surface area (Å²) in [4.78, 5) is 12.8. The molecule has 0 saturated carbocycles. The third-order valence-electron chi connectivity index (χ3n) is 2.66. The minimum atomic E-state index is -4.64. The van der Waals surface area contributed by atoms with Gasteiger partial charge in [-0.15, -0.1) is 0 Å². The fourth-order valence-electron chi connectivity index (χ4n) is 1.80. The van der Waals surface area contributed by atoms with Crippen molar-refractivity contribution in [2.24, 2.45) is 5.92 Å². The fraction of sp³-hybridized carbons (Fsp3) is 0.909. The number of amides is 1. The van der Waals surface area contributed by atoms with Crippen molar-refractivity contribution in [2.45, 2.75) is 45.1 Å². The molecule has 0 bridgehead atoms. The Labute approximate surface area is 104 Å². The molecule has 0 spiro atoms. The van der Waals surface area contributed by atoms with Gasteiger partial charge in [0.15, 0.2) is 6.10 Å². The molecule has 1 fully saturated rings. The molecule has 0 aliphatic carbocycles. The topological polar surface area (TPSA) is 49.8 Å². The van der Waals surface area contributed by atoms with Crippen LogP contribution in [0.2, 0.25) is 0 Å². The van der Waals surface area contributed by atoms with Crippen molar-refractivity contribution in [2.75, 3.05) is 13.1 Å². The predicted octanol–water partition coefficient (Wildman–Crippen LogP) is 2.17. The van der Waals surface area contributed by atoms with E-state index in [0.717, 1.165) is 0 Å². The number of rotatable bonds is 1. The Morgan fingerprint density at radius 1 is 1.39 bits per heavy atom. The molecular weight excluding hydrogens is 251 g/mol. The second-order valence-electron chi connectivity index (χ2n) is 5.46. The van der Waals surface area contributed by atoms with Crippen LogP contribution in [0, 0.1) is 5.92 Å². The van der Waals surface area contributed by atoms with Gasteiger partial charge in [-0.05, 0) is 27.2 Å². The Bertz CT molecular complexity index is 312. The maximum atomic E-state index is 12.3. The maximum Gasteiger partial charge on any atom is 0.414 e. The van der Waals surface area contributed by atoms with Crippen LogP contribution < -0.4 is 0 Å². The number of ether oxygens (including phenoxy) is 1. The number of carbonyl (C=O) groups excluding carboxylic acids is 1. The molecule has 1 amide bonds. The summed E-state index contributed by atoms with van der Waals surface area (Å²) in [6.45, 7) is 5.09. The lowest BCUT2D eigenvalue weighted by atomic mass is 10.0. The van der Waals surface area contributed by atoms with E-state index in [1.165, 1.54) is 4.90 Å². The van der Waals surface area contributed by atoms with Gasteiger partial charge in [-0.2, -0.15) is 13.2 Å². The third kappa shape index (κ3) is 4.04. The van der Waals surface area contributed by atoms with Gasteiger partial charge in [0.1, 0.15) is 5.60 Å². The molecule has 2 atom stereocenters. The number of aliphatic hydroxyl groups is 1. The van der Waals surface area contributed by atoms with Gasteiger partial charge in [-0.25, -0.2) is 4.79 Å². The van der Waals surface area contributed by atoms with E-state index in [9.17, 15) is 18.0 Å². The molecule has 2 unspecified atom stereocenters. The van der Waals surface area contributed by atoms with E-state index < -0.39 is 29.9 Å². The highest BCUT2D eigenvalue weighted by Gasteiger charge is 2.46. The molecule has 1 heterocycles. The summed E-state index contributed by atoms with van der Waals surface area (Å²) in [6, 6.07) is 0. The molecule has 106 valence electrons. The zero-order valence-corrected chi connectivity index (χ0v) is 10.6. The lowest BCUT2D eigenvalue weighted by molar-refractivity contribution is -0.217. The van der Waals surface area contributed by atoms with Crippen LogP contribution in [0.4, 0.5) is 18.0 Å². The third-order valence-corrected chi connectivity index (χ3v) is 2.66. The van der Waals surface area contributed by atoms with Gasteiger partial charge in [0, 0.05) is 19.0 Å². The quantitative estimate of drug-likeness (QED) is 0.793. The Morgan fingerprint density at radius 3 is 2.39 bits per heavy atom. The first-order valence-electron chi connectivity index (χ1n) is 5.73. The number of halogens is 3. The van der Waals surface area contributed by atoms with Gasteiger partial charge in [0.2, 0.25) is 0 Å². The summed E-state index contributed by atoms with van der Waals surface area (Å²) in [5.41, 5.74) is -0.683. The number of carbonyl (C=O) groups is 1. The summed E-state index contributed by atoms with van der Waals surface area (Å²) >= 11 is 0. The van der Waals surface area contributed by atoms with E-state index in [2.05, 4.69) is 0 Å². The molecule has 0 radical (unpaired) electrons. The molecule has 1 saturated heterocycles. The van der Waals surface area contributed by atoms with E-state index in [4.69, 9.17) is 9.84 Å². The second-order valence-corrected chi connectivity index (χ2v) is 5.46. The van der Waals surface area contributed by atoms with Crippen molar-refractivity contribution < 1.29 is 27.8 Å². The van der Waals surface area contributed by atoms with Gasteiger partial charge >= 0.3 is 12.3 Å². The van der Waals surface area contributed by atoms with Gasteiger partial charge in [-0.1, -0.05) is 0 Å². The first kappa shape index (κ1) is 15.1. The van der Waals surface area contributed by atoms with E-state index in [1.54, 1.807) is 20.8 Å². The standard InChI is InChI=1S/C11H18F3NO3/c1-10(2,3)18-9(17)15-5-4-7(6-15)8(16)11(12,13)14/h7-8,16H,4-6H2,1-3H3. The van der Waals surface area contributed by atoms with E-state index in [-0.39, 0.29) is 19.5 Å².